The van der Waals surface area contributed by atoms with Crippen LogP contribution in [0.1, 0.15) is 39.9 Å². The predicted octanol–water partition coefficient (Wildman–Crippen LogP) is 2.19. The summed E-state index contributed by atoms with van der Waals surface area (Å²) < 4.78 is 5.57. The Morgan fingerprint density at radius 3 is 2.72 bits per heavy atom. The average Bonchev–Trinajstić information content (AvgIpc) is 2.75. The van der Waals surface area contributed by atoms with Gasteiger partial charge in [-0.25, -0.2) is 0 Å². The molecular weight excluding hydrogens is 230 g/mol. The fourth-order valence-corrected chi connectivity index (χ4v) is 2.47. The molecule has 0 radical (unpaired) electrons. The average molecular weight is 243 g/mol. The third kappa shape index (κ3) is 1.79. The van der Waals surface area contributed by atoms with Gasteiger partial charge in [0, 0.05) is 29.7 Å². The van der Waals surface area contributed by atoms with Gasteiger partial charge in [-0.1, -0.05) is 0 Å². The van der Waals surface area contributed by atoms with E-state index in [0.717, 1.165) is 17.2 Å². The zero-order valence-electron chi connectivity index (χ0n) is 10.0. The van der Waals surface area contributed by atoms with E-state index in [1.807, 2.05) is 19.1 Å². The second kappa shape index (κ2) is 3.98. The van der Waals surface area contributed by atoms with Gasteiger partial charge in [-0.05, 0) is 31.5 Å². The first-order valence-corrected chi connectivity index (χ1v) is 5.95. The lowest BCUT2D eigenvalue weighted by atomic mass is 9.84. The minimum atomic E-state index is -0.169. The molecule has 4 nitrogen and oxygen atoms in total. The van der Waals surface area contributed by atoms with Crippen molar-refractivity contribution in [3.8, 4) is 0 Å². The summed E-state index contributed by atoms with van der Waals surface area (Å²) >= 11 is 0. The summed E-state index contributed by atoms with van der Waals surface area (Å²) in [4.78, 5) is 26.1. The van der Waals surface area contributed by atoms with E-state index in [0.29, 0.717) is 18.4 Å². The number of furan rings is 1. The lowest BCUT2D eigenvalue weighted by molar-refractivity contribution is 0.0958. The zero-order valence-corrected chi connectivity index (χ0v) is 10.0. The third-order valence-corrected chi connectivity index (χ3v) is 3.35. The van der Waals surface area contributed by atoms with Gasteiger partial charge in [-0.2, -0.15) is 0 Å². The molecule has 1 aliphatic carbocycles. The van der Waals surface area contributed by atoms with Gasteiger partial charge in [0.15, 0.2) is 5.78 Å². The molecule has 2 heterocycles. The predicted molar refractivity (Wildman–Crippen MR) is 65.9 cm³/mol. The van der Waals surface area contributed by atoms with Gasteiger partial charge < -0.3 is 9.40 Å². The number of pyridine rings is 1. The van der Waals surface area contributed by atoms with Crippen LogP contribution in [0, 0.1) is 6.92 Å². The molecule has 0 fully saturated rings. The van der Waals surface area contributed by atoms with Gasteiger partial charge in [0.05, 0.1) is 0 Å². The van der Waals surface area contributed by atoms with Crippen molar-refractivity contribution in [2.75, 3.05) is 0 Å². The highest BCUT2D eigenvalue weighted by atomic mass is 16.3. The highest BCUT2D eigenvalue weighted by Gasteiger charge is 2.28. The molecule has 1 N–H and O–H groups in total. The van der Waals surface area contributed by atoms with E-state index < -0.39 is 0 Å². The van der Waals surface area contributed by atoms with Crippen molar-refractivity contribution in [1.29, 1.82) is 0 Å². The van der Waals surface area contributed by atoms with Gasteiger partial charge in [0.1, 0.15) is 11.5 Å². The van der Waals surface area contributed by atoms with Crippen molar-refractivity contribution in [2.24, 2.45) is 0 Å². The number of aryl methyl sites for hydroxylation is 1. The van der Waals surface area contributed by atoms with Crippen LogP contribution in [0.3, 0.4) is 0 Å². The number of fused-ring (bicyclic) bond motifs is 1. The second-order valence-electron chi connectivity index (χ2n) is 4.69. The lowest BCUT2D eigenvalue weighted by Crippen LogP contribution is -2.23. The summed E-state index contributed by atoms with van der Waals surface area (Å²) in [5.41, 5.74) is 1.18. The van der Waals surface area contributed by atoms with Crippen molar-refractivity contribution in [3.05, 3.63) is 57.4 Å². The van der Waals surface area contributed by atoms with E-state index in [9.17, 15) is 9.59 Å². The quantitative estimate of drug-likeness (QED) is 0.835. The lowest BCUT2D eigenvalue weighted by Gasteiger charge is -2.21. The molecule has 18 heavy (non-hydrogen) atoms. The molecular formula is C14H13NO3. The molecule has 0 spiro atoms. The molecule has 3 rings (SSSR count). The minimum absolute atomic E-state index is 0.0248. The number of aromatic amines is 1. The fraction of sp³-hybridized carbons (Fsp3) is 0.286. The normalized spacial score (nSPS) is 18.7. The Balaban J connectivity index is 2.00. The van der Waals surface area contributed by atoms with Crippen molar-refractivity contribution >= 4 is 5.78 Å². The number of ketones is 1. The Kier molecular flexibility index (Phi) is 2.44. The standard InChI is InChI=1S/C14H13NO3/c1-8-2-4-13(18-8)9-6-11-10(12(16)7-9)3-5-14(17)15-11/h2-5,9H,6-7H2,1H3,(H,15,17). The van der Waals surface area contributed by atoms with Gasteiger partial charge in [0.25, 0.3) is 0 Å². The van der Waals surface area contributed by atoms with Crippen LogP contribution in [0.2, 0.25) is 0 Å². The van der Waals surface area contributed by atoms with Crippen LogP contribution in [0.5, 0.6) is 0 Å². The number of aromatic nitrogens is 1. The summed E-state index contributed by atoms with van der Waals surface area (Å²) in [5, 5.41) is 0. The Labute approximate surface area is 104 Å². The molecule has 0 saturated carbocycles. The monoisotopic (exact) mass is 243 g/mol. The Hall–Kier alpha value is -2.10. The fourth-order valence-electron chi connectivity index (χ4n) is 2.47. The number of nitrogens with one attached hydrogen (secondary N) is 1. The van der Waals surface area contributed by atoms with Gasteiger partial charge in [0.2, 0.25) is 5.56 Å². The van der Waals surface area contributed by atoms with Crippen LogP contribution in [-0.4, -0.2) is 10.8 Å². The molecule has 2 aromatic rings. The molecule has 0 bridgehead atoms. The van der Waals surface area contributed by atoms with Crippen LogP contribution in [0.15, 0.2) is 33.5 Å². The largest absolute Gasteiger partial charge is 0.466 e. The molecule has 0 aliphatic heterocycles. The van der Waals surface area contributed by atoms with Crippen molar-refractivity contribution in [3.63, 3.8) is 0 Å². The molecule has 4 heteroatoms. The first kappa shape index (κ1) is 11.0. The number of hydrogen-bond donors (Lipinski definition) is 1. The summed E-state index contributed by atoms with van der Waals surface area (Å²) in [5.74, 6) is 1.74. The van der Waals surface area contributed by atoms with E-state index >= 15 is 0 Å². The van der Waals surface area contributed by atoms with Crippen LogP contribution in [0.25, 0.3) is 0 Å². The molecule has 1 aliphatic rings. The summed E-state index contributed by atoms with van der Waals surface area (Å²) in [6.07, 6.45) is 1.08. The van der Waals surface area contributed by atoms with Gasteiger partial charge >= 0.3 is 0 Å². The number of rotatable bonds is 1. The van der Waals surface area contributed by atoms with Crippen LogP contribution in [-0.2, 0) is 6.42 Å². The van der Waals surface area contributed by atoms with Gasteiger partial charge in [-0.3, -0.25) is 9.59 Å². The highest BCUT2D eigenvalue weighted by Crippen LogP contribution is 2.31. The maximum absolute atomic E-state index is 12.0. The van der Waals surface area contributed by atoms with Crippen LogP contribution >= 0.6 is 0 Å². The summed E-state index contributed by atoms with van der Waals surface area (Å²) in [6.45, 7) is 1.88. The number of Topliss-reactive ketones (excluding diaryl/α,β-unsaturated/α-hetero) is 1. The minimum Gasteiger partial charge on any atom is -0.466 e. The molecule has 0 amide bonds. The van der Waals surface area contributed by atoms with Crippen LogP contribution in [0.4, 0.5) is 0 Å². The van der Waals surface area contributed by atoms with Crippen molar-refractivity contribution in [2.45, 2.75) is 25.7 Å². The van der Waals surface area contributed by atoms with Crippen molar-refractivity contribution in [1.82, 2.24) is 4.98 Å². The number of carbonyl (C=O) groups is 1. The van der Waals surface area contributed by atoms with Crippen LogP contribution < -0.4 is 5.56 Å². The molecule has 1 atom stereocenters. The Morgan fingerprint density at radius 1 is 1.17 bits per heavy atom. The number of hydrogen-bond acceptors (Lipinski definition) is 3. The molecule has 1 unspecified atom stereocenters. The van der Waals surface area contributed by atoms with E-state index in [1.165, 1.54) is 6.07 Å². The van der Waals surface area contributed by atoms with E-state index in [1.54, 1.807) is 6.07 Å². The van der Waals surface area contributed by atoms with E-state index in [4.69, 9.17) is 4.42 Å². The zero-order chi connectivity index (χ0) is 12.7. The topological polar surface area (TPSA) is 63.1 Å². The molecule has 0 aromatic carbocycles. The first-order valence-electron chi connectivity index (χ1n) is 5.95. The third-order valence-electron chi connectivity index (χ3n) is 3.35. The second-order valence-corrected chi connectivity index (χ2v) is 4.69. The number of H-pyrrole nitrogens is 1. The maximum atomic E-state index is 12.0. The Bertz CT molecular complexity index is 666. The van der Waals surface area contributed by atoms with E-state index in [2.05, 4.69) is 4.98 Å². The van der Waals surface area contributed by atoms with E-state index in [-0.39, 0.29) is 17.3 Å². The molecule has 2 aromatic heterocycles. The number of carbonyl (C=O) groups excluding carboxylic acids is 1. The summed E-state index contributed by atoms with van der Waals surface area (Å²) in [7, 11) is 0. The summed E-state index contributed by atoms with van der Waals surface area (Å²) in [6, 6.07) is 6.80. The van der Waals surface area contributed by atoms with Gasteiger partial charge in [-0.15, -0.1) is 0 Å². The molecule has 92 valence electrons. The first-order chi connectivity index (χ1) is 8.63. The molecule has 0 saturated heterocycles. The Morgan fingerprint density at radius 2 is 2.00 bits per heavy atom. The SMILES string of the molecule is Cc1ccc(C2CC(=O)c3ccc(=O)[nH]c3C2)o1. The highest BCUT2D eigenvalue weighted by molar-refractivity contribution is 5.98. The van der Waals surface area contributed by atoms with Crippen molar-refractivity contribution < 1.29 is 9.21 Å². The maximum Gasteiger partial charge on any atom is 0.248 e. The smallest absolute Gasteiger partial charge is 0.248 e.